The average molecular weight is 551 g/mol. The lowest BCUT2D eigenvalue weighted by Crippen LogP contribution is -2.40. The van der Waals surface area contributed by atoms with Crippen molar-refractivity contribution in [2.45, 2.75) is 44.9 Å². The van der Waals surface area contributed by atoms with E-state index in [0.29, 0.717) is 0 Å². The lowest BCUT2D eigenvalue weighted by atomic mass is 10.1. The highest BCUT2D eigenvalue weighted by molar-refractivity contribution is 7.80. The number of nitrogens with zero attached hydrogens (tertiary/aromatic N) is 6. The Balaban J connectivity index is 1.37. The van der Waals surface area contributed by atoms with Crippen LogP contribution in [-0.4, -0.2) is 78.3 Å². The molecule has 1 fully saturated rings. The largest absolute Gasteiger partial charge is 0.379 e. The maximum Gasteiger partial charge on any atom is 0.211 e. The number of unbranched alkanes of at least 4 members (excludes halogenated alkanes) is 5. The second-order valence-electron chi connectivity index (χ2n) is 9.64. The Kier molecular flexibility index (Phi) is 14.1. The Labute approximate surface area is 238 Å². The number of benzene rings is 1. The fourth-order valence-electron chi connectivity index (χ4n) is 4.64. The van der Waals surface area contributed by atoms with Crippen molar-refractivity contribution < 1.29 is 4.74 Å². The number of rotatable bonds is 15. The summed E-state index contributed by atoms with van der Waals surface area (Å²) < 4.78 is 5.47. The van der Waals surface area contributed by atoms with E-state index in [4.69, 9.17) is 28.0 Å². The van der Waals surface area contributed by atoms with E-state index in [1.54, 1.807) is 18.6 Å². The van der Waals surface area contributed by atoms with Gasteiger partial charge in [0.25, 0.3) is 0 Å². The van der Waals surface area contributed by atoms with Gasteiger partial charge in [-0.2, -0.15) is 5.26 Å². The van der Waals surface area contributed by atoms with Gasteiger partial charge in [0.2, 0.25) is 12.2 Å². The van der Waals surface area contributed by atoms with Gasteiger partial charge in [0, 0.05) is 63.0 Å². The average Bonchev–Trinajstić information content (AvgIpc) is 2.97. The molecule has 210 valence electrons. The van der Waals surface area contributed by atoms with E-state index in [0.717, 1.165) is 101 Å². The van der Waals surface area contributed by atoms with E-state index in [2.05, 4.69) is 25.1 Å². The number of hydrogen-bond donors (Lipinski definition) is 2. The fourth-order valence-corrected chi connectivity index (χ4v) is 4.94. The molecule has 0 radical (unpaired) electrons. The maximum atomic E-state index is 8.90. The second-order valence-corrected chi connectivity index (χ2v) is 10.0. The van der Waals surface area contributed by atoms with E-state index >= 15 is 0 Å². The second kappa shape index (κ2) is 18.1. The minimum Gasteiger partial charge on any atom is -0.379 e. The standard InChI is InChI=1S/C29H42N8OS/c30-25-33-28(31)37(27-13-15-32-16-14-27)20-9-4-2-1-3-8-18-36(19-10-17-35-21-23-38-24-22-35)29(39)34-26-11-6-5-7-12-26/h5-7,11-16H,1-4,8-10,17-24H2,(H2,31,33)(H,34,39). The molecular formula is C29H42N8OS. The Bertz CT molecular complexity index is 1020. The van der Waals surface area contributed by atoms with Crippen LogP contribution >= 0.6 is 12.2 Å². The molecule has 1 aromatic carbocycles. The van der Waals surface area contributed by atoms with Gasteiger partial charge in [-0.05, 0) is 55.7 Å². The first kappa shape index (κ1) is 30.3. The van der Waals surface area contributed by atoms with E-state index in [1.807, 2.05) is 47.4 Å². The number of thiocarbonyl (C=S) groups is 1. The summed E-state index contributed by atoms with van der Waals surface area (Å²) in [5.41, 5.74) is 7.95. The van der Waals surface area contributed by atoms with Crippen LogP contribution in [0.2, 0.25) is 0 Å². The molecule has 2 heterocycles. The molecule has 2 aromatic rings. The van der Waals surface area contributed by atoms with Gasteiger partial charge in [0.1, 0.15) is 0 Å². The van der Waals surface area contributed by atoms with Crippen LogP contribution in [0.3, 0.4) is 0 Å². The number of para-hydroxylation sites is 1. The molecular weight excluding hydrogens is 508 g/mol. The monoisotopic (exact) mass is 550 g/mol. The van der Waals surface area contributed by atoms with Crippen LogP contribution in [0.25, 0.3) is 0 Å². The Morgan fingerprint density at radius 2 is 1.62 bits per heavy atom. The highest BCUT2D eigenvalue weighted by Crippen LogP contribution is 2.15. The molecule has 9 nitrogen and oxygen atoms in total. The molecule has 1 aliphatic heterocycles. The third kappa shape index (κ3) is 11.6. The SMILES string of the molecule is N#CN=C(N)N(CCCCCCCCN(CCCN1CCOCC1)C(=S)Nc1ccccc1)c1ccncc1. The Morgan fingerprint density at radius 1 is 0.974 bits per heavy atom. The Morgan fingerprint density at radius 3 is 2.31 bits per heavy atom. The lowest BCUT2D eigenvalue weighted by Gasteiger charge is -2.29. The summed E-state index contributed by atoms with van der Waals surface area (Å²) in [5.74, 6) is 0.220. The first-order valence-corrected chi connectivity index (χ1v) is 14.4. The predicted molar refractivity (Wildman–Crippen MR) is 163 cm³/mol. The zero-order valence-electron chi connectivity index (χ0n) is 22.9. The summed E-state index contributed by atoms with van der Waals surface area (Å²) in [6.07, 6.45) is 13.0. The van der Waals surface area contributed by atoms with Gasteiger partial charge in [-0.3, -0.25) is 9.88 Å². The molecule has 3 rings (SSSR count). The van der Waals surface area contributed by atoms with Crippen molar-refractivity contribution in [3.05, 3.63) is 54.9 Å². The molecule has 0 amide bonds. The van der Waals surface area contributed by atoms with Crippen molar-refractivity contribution in [3.63, 3.8) is 0 Å². The van der Waals surface area contributed by atoms with Crippen LogP contribution in [0.15, 0.2) is 59.9 Å². The van der Waals surface area contributed by atoms with Crippen LogP contribution in [-0.2, 0) is 4.74 Å². The number of nitrogens with two attached hydrogens (primary N) is 1. The Hall–Kier alpha value is -3.26. The van der Waals surface area contributed by atoms with E-state index < -0.39 is 0 Å². The number of pyridine rings is 1. The third-order valence-electron chi connectivity index (χ3n) is 6.79. The molecule has 39 heavy (non-hydrogen) atoms. The number of nitriles is 1. The summed E-state index contributed by atoms with van der Waals surface area (Å²) in [4.78, 5) is 14.5. The molecule has 0 atom stereocenters. The van der Waals surface area contributed by atoms with Gasteiger partial charge in [-0.15, -0.1) is 4.99 Å². The molecule has 10 heteroatoms. The molecule has 0 saturated carbocycles. The summed E-state index contributed by atoms with van der Waals surface area (Å²) in [6, 6.07) is 13.9. The number of aliphatic imine (C=N–C) groups is 1. The molecule has 3 N–H and O–H groups in total. The van der Waals surface area contributed by atoms with Crippen LogP contribution in [0.5, 0.6) is 0 Å². The number of morpholine rings is 1. The summed E-state index contributed by atoms with van der Waals surface area (Å²) in [7, 11) is 0. The van der Waals surface area contributed by atoms with Crippen molar-refractivity contribution in [2.75, 3.05) is 62.7 Å². The van der Waals surface area contributed by atoms with Crippen molar-refractivity contribution in [1.82, 2.24) is 14.8 Å². The summed E-state index contributed by atoms with van der Waals surface area (Å²) >= 11 is 5.80. The molecule has 1 saturated heterocycles. The van der Waals surface area contributed by atoms with Crippen LogP contribution in [0, 0.1) is 11.5 Å². The van der Waals surface area contributed by atoms with E-state index in [9.17, 15) is 0 Å². The lowest BCUT2D eigenvalue weighted by molar-refractivity contribution is 0.0368. The molecule has 0 aliphatic carbocycles. The van der Waals surface area contributed by atoms with Crippen LogP contribution in [0.1, 0.15) is 44.9 Å². The first-order chi connectivity index (χ1) is 19.2. The molecule has 1 aliphatic rings. The van der Waals surface area contributed by atoms with E-state index in [-0.39, 0.29) is 5.96 Å². The van der Waals surface area contributed by atoms with Gasteiger partial charge in [0.05, 0.1) is 13.2 Å². The number of hydrogen-bond acceptors (Lipinski definition) is 6. The quantitative estimate of drug-likeness (QED) is 0.109. The molecule has 1 aromatic heterocycles. The fraction of sp³-hybridized carbons (Fsp3) is 0.517. The van der Waals surface area contributed by atoms with Crippen molar-refractivity contribution in [2.24, 2.45) is 10.7 Å². The maximum absolute atomic E-state index is 8.90. The molecule has 0 bridgehead atoms. The number of ether oxygens (including phenoxy) is 1. The smallest absolute Gasteiger partial charge is 0.211 e. The number of anilines is 2. The number of nitrogens with one attached hydrogen (secondary N) is 1. The highest BCUT2D eigenvalue weighted by atomic mass is 32.1. The van der Waals surface area contributed by atoms with Gasteiger partial charge in [0.15, 0.2) is 5.11 Å². The van der Waals surface area contributed by atoms with Crippen molar-refractivity contribution >= 4 is 34.7 Å². The number of aromatic nitrogens is 1. The highest BCUT2D eigenvalue weighted by Gasteiger charge is 2.14. The van der Waals surface area contributed by atoms with Gasteiger partial charge >= 0.3 is 0 Å². The normalized spacial score (nSPS) is 14.0. The minimum absolute atomic E-state index is 0.220. The minimum atomic E-state index is 0.220. The molecule has 0 spiro atoms. The summed E-state index contributed by atoms with van der Waals surface area (Å²) in [6.45, 7) is 7.41. The third-order valence-corrected chi connectivity index (χ3v) is 7.15. The van der Waals surface area contributed by atoms with Crippen molar-refractivity contribution in [3.8, 4) is 6.19 Å². The zero-order valence-corrected chi connectivity index (χ0v) is 23.7. The van der Waals surface area contributed by atoms with E-state index in [1.165, 1.54) is 12.8 Å². The number of guanidine groups is 1. The van der Waals surface area contributed by atoms with Gasteiger partial charge < -0.3 is 25.6 Å². The predicted octanol–water partition coefficient (Wildman–Crippen LogP) is 4.45. The first-order valence-electron chi connectivity index (χ1n) is 14.0. The zero-order chi connectivity index (χ0) is 27.5. The summed E-state index contributed by atoms with van der Waals surface area (Å²) in [5, 5.41) is 13.1. The van der Waals surface area contributed by atoms with Gasteiger partial charge in [-0.25, -0.2) is 0 Å². The van der Waals surface area contributed by atoms with Crippen LogP contribution < -0.4 is 16.0 Å². The van der Waals surface area contributed by atoms with Crippen molar-refractivity contribution in [1.29, 1.82) is 5.26 Å². The topological polar surface area (TPSA) is 106 Å². The van der Waals surface area contributed by atoms with Crippen LogP contribution in [0.4, 0.5) is 11.4 Å². The molecule has 0 unspecified atom stereocenters. The van der Waals surface area contributed by atoms with Gasteiger partial charge in [-0.1, -0.05) is 43.9 Å².